The number of nitrogens with zero attached hydrogens (tertiary/aromatic N) is 2. The zero-order chi connectivity index (χ0) is 21.1. The molecule has 2 heterocycles. The van der Waals surface area contributed by atoms with Gasteiger partial charge in [0.25, 0.3) is 0 Å². The number of likely N-dealkylation sites (tertiary alicyclic amines) is 1. The minimum absolute atomic E-state index is 0.0289. The summed E-state index contributed by atoms with van der Waals surface area (Å²) in [4.78, 5) is 17.8. The quantitative estimate of drug-likeness (QED) is 0.643. The highest BCUT2D eigenvalue weighted by molar-refractivity contribution is 5.88. The first kappa shape index (κ1) is 19.8. The second kappa shape index (κ2) is 8.49. The van der Waals surface area contributed by atoms with Crippen molar-refractivity contribution in [3.63, 3.8) is 0 Å². The molecule has 2 N–H and O–H groups in total. The lowest BCUT2D eigenvalue weighted by Crippen LogP contribution is -2.40. The van der Waals surface area contributed by atoms with Crippen LogP contribution >= 0.6 is 0 Å². The number of nitrogen functional groups attached to an aromatic ring is 1. The molecule has 0 unspecified atom stereocenters. The van der Waals surface area contributed by atoms with Crippen molar-refractivity contribution in [3.05, 3.63) is 48.7 Å². The summed E-state index contributed by atoms with van der Waals surface area (Å²) in [5.74, 6) is 2.72. The number of rotatable bonds is 5. The molecule has 1 amide bonds. The van der Waals surface area contributed by atoms with Crippen LogP contribution in [0, 0.1) is 0 Å². The van der Waals surface area contributed by atoms with Crippen LogP contribution in [-0.4, -0.2) is 42.1 Å². The van der Waals surface area contributed by atoms with Crippen LogP contribution in [-0.2, 0) is 4.79 Å². The molecule has 0 spiro atoms. The molecule has 0 radical (unpaired) electrons. The lowest BCUT2D eigenvalue weighted by Gasteiger charge is -2.31. The molecule has 0 aliphatic carbocycles. The van der Waals surface area contributed by atoms with Gasteiger partial charge in [0.05, 0.1) is 12.6 Å². The molecule has 7 heteroatoms. The van der Waals surface area contributed by atoms with Crippen molar-refractivity contribution in [2.45, 2.75) is 25.9 Å². The standard InChI is InChI=1S/C23H25N3O4/c1-15(27)26-11-8-18(9-12-26)30-23-14-20-19(13-22(23)28-2)21(7-10-25-20)29-17-5-3-16(24)4-6-17/h3-7,10,13-14,18H,8-9,11-12,24H2,1-2H3. The highest BCUT2D eigenvalue weighted by atomic mass is 16.5. The molecule has 1 saturated heterocycles. The molecule has 2 aromatic carbocycles. The first-order valence-electron chi connectivity index (χ1n) is 9.96. The molecule has 30 heavy (non-hydrogen) atoms. The summed E-state index contributed by atoms with van der Waals surface area (Å²) in [7, 11) is 1.61. The van der Waals surface area contributed by atoms with Crippen molar-refractivity contribution < 1.29 is 19.0 Å². The van der Waals surface area contributed by atoms with E-state index >= 15 is 0 Å². The van der Waals surface area contributed by atoms with Crippen molar-refractivity contribution in [1.29, 1.82) is 0 Å². The minimum Gasteiger partial charge on any atom is -0.493 e. The van der Waals surface area contributed by atoms with Crippen molar-refractivity contribution in [3.8, 4) is 23.0 Å². The largest absolute Gasteiger partial charge is 0.493 e. The Balaban J connectivity index is 1.58. The van der Waals surface area contributed by atoms with Gasteiger partial charge in [0.1, 0.15) is 17.6 Å². The smallest absolute Gasteiger partial charge is 0.219 e. The van der Waals surface area contributed by atoms with Gasteiger partial charge in [0.15, 0.2) is 11.5 Å². The lowest BCUT2D eigenvalue weighted by molar-refractivity contribution is -0.130. The summed E-state index contributed by atoms with van der Waals surface area (Å²) in [5.41, 5.74) is 7.18. The van der Waals surface area contributed by atoms with Crippen LogP contribution in [0.5, 0.6) is 23.0 Å². The van der Waals surface area contributed by atoms with Crippen molar-refractivity contribution in [2.75, 3.05) is 25.9 Å². The fourth-order valence-corrected chi connectivity index (χ4v) is 3.60. The summed E-state index contributed by atoms with van der Waals surface area (Å²) in [6, 6.07) is 12.8. The van der Waals surface area contributed by atoms with Crippen LogP contribution in [0.15, 0.2) is 48.7 Å². The van der Waals surface area contributed by atoms with E-state index in [-0.39, 0.29) is 12.0 Å². The van der Waals surface area contributed by atoms with Gasteiger partial charge in [-0.15, -0.1) is 0 Å². The highest BCUT2D eigenvalue weighted by Gasteiger charge is 2.23. The summed E-state index contributed by atoms with van der Waals surface area (Å²) in [6.45, 7) is 3.00. The normalized spacial score (nSPS) is 14.5. The lowest BCUT2D eigenvalue weighted by atomic mass is 10.1. The maximum atomic E-state index is 11.5. The fourth-order valence-electron chi connectivity index (χ4n) is 3.60. The number of hydrogen-bond donors (Lipinski definition) is 1. The van der Waals surface area contributed by atoms with Crippen molar-refractivity contribution >= 4 is 22.5 Å². The van der Waals surface area contributed by atoms with E-state index in [0.29, 0.717) is 41.8 Å². The molecule has 3 aromatic rings. The molecule has 7 nitrogen and oxygen atoms in total. The number of aromatic nitrogens is 1. The van der Waals surface area contributed by atoms with E-state index in [1.807, 2.05) is 35.2 Å². The number of piperidine rings is 1. The zero-order valence-electron chi connectivity index (χ0n) is 17.1. The Morgan fingerprint density at radius 2 is 1.80 bits per heavy atom. The minimum atomic E-state index is 0.0289. The van der Waals surface area contributed by atoms with Crippen LogP contribution in [0.25, 0.3) is 10.9 Å². The van der Waals surface area contributed by atoms with Crippen LogP contribution in [0.2, 0.25) is 0 Å². The SMILES string of the molecule is COc1cc2c(Oc3ccc(N)cc3)ccnc2cc1OC1CCN(C(C)=O)CC1. The first-order chi connectivity index (χ1) is 14.5. The van der Waals surface area contributed by atoms with Gasteiger partial charge in [-0.2, -0.15) is 0 Å². The second-order valence-corrected chi connectivity index (χ2v) is 7.32. The van der Waals surface area contributed by atoms with Gasteiger partial charge in [-0.3, -0.25) is 9.78 Å². The number of amides is 1. The van der Waals surface area contributed by atoms with Gasteiger partial charge in [-0.25, -0.2) is 0 Å². The monoisotopic (exact) mass is 407 g/mol. The maximum Gasteiger partial charge on any atom is 0.219 e. The van der Waals surface area contributed by atoms with E-state index in [4.69, 9.17) is 19.9 Å². The van der Waals surface area contributed by atoms with Gasteiger partial charge in [-0.05, 0) is 36.4 Å². The van der Waals surface area contributed by atoms with Crippen LogP contribution < -0.4 is 19.9 Å². The number of nitrogens with two attached hydrogens (primary N) is 1. The molecule has 0 bridgehead atoms. The Morgan fingerprint density at radius 3 is 2.47 bits per heavy atom. The molecular weight excluding hydrogens is 382 g/mol. The Hall–Kier alpha value is -3.48. The maximum absolute atomic E-state index is 11.5. The van der Waals surface area contributed by atoms with E-state index in [9.17, 15) is 4.79 Å². The zero-order valence-corrected chi connectivity index (χ0v) is 17.1. The molecule has 1 fully saturated rings. The molecule has 1 aliphatic heterocycles. The Bertz CT molecular complexity index is 1040. The summed E-state index contributed by atoms with van der Waals surface area (Å²) in [6.07, 6.45) is 3.31. The number of fused-ring (bicyclic) bond motifs is 1. The molecular formula is C23H25N3O4. The van der Waals surface area contributed by atoms with Gasteiger partial charge < -0.3 is 24.8 Å². The number of carbonyl (C=O) groups excluding carboxylic acids is 1. The van der Waals surface area contributed by atoms with Gasteiger partial charge in [0, 0.05) is 56.2 Å². The van der Waals surface area contributed by atoms with Gasteiger partial charge >= 0.3 is 0 Å². The third kappa shape index (κ3) is 4.25. The Morgan fingerprint density at radius 1 is 1.07 bits per heavy atom. The predicted octanol–water partition coefficient (Wildman–Crippen LogP) is 4.01. The Labute approximate surface area is 175 Å². The molecule has 0 saturated carbocycles. The third-order valence-corrected chi connectivity index (χ3v) is 5.28. The predicted molar refractivity (Wildman–Crippen MR) is 115 cm³/mol. The number of benzene rings is 2. The topological polar surface area (TPSA) is 86.9 Å². The van der Waals surface area contributed by atoms with E-state index < -0.39 is 0 Å². The van der Waals surface area contributed by atoms with Crippen molar-refractivity contribution in [2.24, 2.45) is 0 Å². The van der Waals surface area contributed by atoms with Crippen molar-refractivity contribution in [1.82, 2.24) is 9.88 Å². The summed E-state index contributed by atoms with van der Waals surface area (Å²) in [5, 5.41) is 0.824. The number of methoxy groups -OCH3 is 1. The average Bonchev–Trinajstić information content (AvgIpc) is 2.75. The number of pyridine rings is 1. The molecule has 156 valence electrons. The number of carbonyl (C=O) groups is 1. The Kier molecular flexibility index (Phi) is 5.61. The molecule has 4 rings (SSSR count). The number of anilines is 1. The third-order valence-electron chi connectivity index (χ3n) is 5.28. The molecule has 1 aliphatic rings. The highest BCUT2D eigenvalue weighted by Crippen LogP contribution is 2.38. The first-order valence-corrected chi connectivity index (χ1v) is 9.96. The van der Waals surface area contributed by atoms with Crippen LogP contribution in [0.3, 0.4) is 0 Å². The van der Waals surface area contributed by atoms with E-state index in [2.05, 4.69) is 4.98 Å². The van der Waals surface area contributed by atoms with Gasteiger partial charge in [0.2, 0.25) is 5.91 Å². The second-order valence-electron chi connectivity index (χ2n) is 7.32. The van der Waals surface area contributed by atoms with E-state index in [0.717, 1.165) is 23.7 Å². The van der Waals surface area contributed by atoms with E-state index in [1.54, 1.807) is 32.4 Å². The van der Waals surface area contributed by atoms with Gasteiger partial charge in [-0.1, -0.05) is 0 Å². The molecule has 1 aromatic heterocycles. The average molecular weight is 407 g/mol. The summed E-state index contributed by atoms with van der Waals surface area (Å²) >= 11 is 0. The number of ether oxygens (including phenoxy) is 3. The summed E-state index contributed by atoms with van der Waals surface area (Å²) < 4.78 is 17.9. The fraction of sp³-hybridized carbons (Fsp3) is 0.304. The number of hydrogen-bond acceptors (Lipinski definition) is 6. The molecule has 0 atom stereocenters. The van der Waals surface area contributed by atoms with E-state index in [1.165, 1.54) is 0 Å². The van der Waals surface area contributed by atoms with Crippen LogP contribution in [0.1, 0.15) is 19.8 Å². The van der Waals surface area contributed by atoms with Crippen LogP contribution in [0.4, 0.5) is 5.69 Å².